The molecule has 1 aromatic heterocycles. The first-order chi connectivity index (χ1) is 18.0. The van der Waals surface area contributed by atoms with Crippen LogP contribution in [0.2, 0.25) is 0 Å². The Balaban J connectivity index is 1.75. The van der Waals surface area contributed by atoms with Gasteiger partial charge in [0.2, 0.25) is 0 Å². The molecule has 204 valence electrons. The third kappa shape index (κ3) is 4.55. The van der Waals surface area contributed by atoms with Crippen molar-refractivity contribution in [2.24, 2.45) is 28.6 Å². The third-order valence-corrected chi connectivity index (χ3v) is 9.11. The first kappa shape index (κ1) is 27.6. The maximum absolute atomic E-state index is 14.1. The second-order valence-corrected chi connectivity index (χ2v) is 11.1. The van der Waals surface area contributed by atoms with E-state index in [-0.39, 0.29) is 29.8 Å². The number of furan rings is 1. The number of methoxy groups -OCH3 is 2. The van der Waals surface area contributed by atoms with E-state index in [1.165, 1.54) is 7.11 Å². The number of rotatable bonds is 5. The highest BCUT2D eigenvalue weighted by atomic mass is 16.6. The van der Waals surface area contributed by atoms with Crippen LogP contribution >= 0.6 is 0 Å². The number of ketones is 2. The zero-order valence-electron chi connectivity index (χ0n) is 22.5. The number of Topliss-reactive ketones (excluding diaryl/α,β-unsaturated/α-hetero) is 2. The number of fused-ring (bicyclic) bond motifs is 3. The highest BCUT2D eigenvalue weighted by Crippen LogP contribution is 2.65. The fourth-order valence-electron chi connectivity index (χ4n) is 7.55. The van der Waals surface area contributed by atoms with Crippen molar-refractivity contribution < 1.29 is 42.6 Å². The summed E-state index contributed by atoms with van der Waals surface area (Å²) in [6, 6.07) is 1.82. The summed E-state index contributed by atoms with van der Waals surface area (Å²) in [5.41, 5.74) is -0.781. The van der Waals surface area contributed by atoms with Gasteiger partial charge >= 0.3 is 17.9 Å². The molecule has 0 N–H and O–H groups in total. The molecule has 1 heterocycles. The second kappa shape index (κ2) is 10.4. The molecule has 0 spiro atoms. The molecule has 3 fully saturated rings. The van der Waals surface area contributed by atoms with Crippen LogP contribution in [0.1, 0.15) is 76.5 Å². The average molecular weight is 527 g/mol. The van der Waals surface area contributed by atoms with Crippen molar-refractivity contribution in [1.29, 1.82) is 0 Å². The van der Waals surface area contributed by atoms with Crippen LogP contribution in [0, 0.1) is 40.4 Å². The molecule has 3 saturated carbocycles. The minimum Gasteiger partial charge on any atom is -0.469 e. The summed E-state index contributed by atoms with van der Waals surface area (Å²) in [4.78, 5) is 64.8. The number of carbonyl (C=O) groups is 5. The molecule has 4 rings (SSSR count). The summed E-state index contributed by atoms with van der Waals surface area (Å²) in [6.45, 7) is 5.56. The van der Waals surface area contributed by atoms with Gasteiger partial charge in [-0.1, -0.05) is 19.8 Å². The second-order valence-electron chi connectivity index (χ2n) is 11.1. The third-order valence-electron chi connectivity index (χ3n) is 9.11. The minimum atomic E-state index is -1.24. The SMILES string of the molecule is CC#Cc1occc1[C@H]1CC(=O)[C@@H]2CC[C@]3(C)[C@H](C(=O)[C@@H](OC(=O)CC(=O)OC)C[C@H]3C(=O)OC)[C@@]2(C)C1. The van der Waals surface area contributed by atoms with Crippen LogP contribution in [-0.4, -0.2) is 49.8 Å². The van der Waals surface area contributed by atoms with E-state index in [1.54, 1.807) is 13.2 Å². The van der Waals surface area contributed by atoms with Gasteiger partial charge in [-0.05, 0) is 54.9 Å². The van der Waals surface area contributed by atoms with E-state index in [1.807, 2.05) is 19.9 Å². The van der Waals surface area contributed by atoms with E-state index >= 15 is 0 Å². The van der Waals surface area contributed by atoms with Crippen molar-refractivity contribution >= 4 is 29.5 Å². The topological polar surface area (TPSA) is 126 Å². The molecule has 0 aromatic carbocycles. The molecular weight excluding hydrogens is 492 g/mol. The Kier molecular flexibility index (Phi) is 7.55. The molecule has 9 nitrogen and oxygen atoms in total. The Hall–Kier alpha value is -3.41. The highest BCUT2D eigenvalue weighted by molar-refractivity contribution is 5.96. The van der Waals surface area contributed by atoms with Gasteiger partial charge in [-0.15, -0.1) is 0 Å². The van der Waals surface area contributed by atoms with Gasteiger partial charge in [0.15, 0.2) is 17.6 Å². The summed E-state index contributed by atoms with van der Waals surface area (Å²) >= 11 is 0. The molecule has 3 aliphatic rings. The summed E-state index contributed by atoms with van der Waals surface area (Å²) in [6.07, 6.45) is 1.48. The Morgan fingerprint density at radius 2 is 1.84 bits per heavy atom. The van der Waals surface area contributed by atoms with Crippen molar-refractivity contribution in [2.75, 3.05) is 14.2 Å². The van der Waals surface area contributed by atoms with Gasteiger partial charge in [0.1, 0.15) is 12.2 Å². The van der Waals surface area contributed by atoms with Crippen LogP contribution in [0.5, 0.6) is 0 Å². The van der Waals surface area contributed by atoms with Crippen molar-refractivity contribution in [1.82, 2.24) is 0 Å². The first-order valence-corrected chi connectivity index (χ1v) is 12.9. The number of ether oxygens (including phenoxy) is 3. The lowest BCUT2D eigenvalue weighted by molar-refractivity contribution is -0.194. The van der Waals surface area contributed by atoms with Crippen molar-refractivity contribution in [3.05, 3.63) is 23.7 Å². The minimum absolute atomic E-state index is 0.0402. The largest absolute Gasteiger partial charge is 0.469 e. The zero-order chi connectivity index (χ0) is 27.8. The molecule has 1 aromatic rings. The van der Waals surface area contributed by atoms with Crippen molar-refractivity contribution in [2.45, 2.75) is 71.3 Å². The fraction of sp³-hybridized carbons (Fsp3) is 0.621. The van der Waals surface area contributed by atoms with Gasteiger partial charge in [-0.25, -0.2) is 0 Å². The van der Waals surface area contributed by atoms with E-state index < -0.39 is 53.1 Å². The molecule has 38 heavy (non-hydrogen) atoms. The molecule has 9 heteroatoms. The summed E-state index contributed by atoms with van der Waals surface area (Å²) in [7, 11) is 2.44. The van der Waals surface area contributed by atoms with Crippen LogP contribution < -0.4 is 0 Å². The molecule has 3 aliphatic carbocycles. The quantitative estimate of drug-likeness (QED) is 0.246. The summed E-state index contributed by atoms with van der Waals surface area (Å²) < 4.78 is 20.7. The van der Waals surface area contributed by atoms with Gasteiger partial charge < -0.3 is 18.6 Å². The maximum atomic E-state index is 14.1. The molecule has 0 aliphatic heterocycles. The van der Waals surface area contributed by atoms with E-state index in [2.05, 4.69) is 16.6 Å². The smallest absolute Gasteiger partial charge is 0.317 e. The zero-order valence-corrected chi connectivity index (χ0v) is 22.5. The monoisotopic (exact) mass is 526 g/mol. The van der Waals surface area contributed by atoms with Crippen LogP contribution in [0.4, 0.5) is 0 Å². The molecule has 0 bridgehead atoms. The molecular formula is C29H34O9. The Morgan fingerprint density at radius 3 is 2.50 bits per heavy atom. The van der Waals surface area contributed by atoms with Gasteiger partial charge in [-0.3, -0.25) is 24.0 Å². The highest BCUT2D eigenvalue weighted by Gasteiger charge is 2.67. The summed E-state index contributed by atoms with van der Waals surface area (Å²) in [5, 5.41) is 0. The molecule has 0 radical (unpaired) electrons. The predicted octanol–water partition coefficient (Wildman–Crippen LogP) is 3.37. The van der Waals surface area contributed by atoms with E-state index in [4.69, 9.17) is 13.9 Å². The lowest BCUT2D eigenvalue weighted by Gasteiger charge is -2.61. The van der Waals surface area contributed by atoms with E-state index in [9.17, 15) is 24.0 Å². The molecule has 0 saturated heterocycles. The fourth-order valence-corrected chi connectivity index (χ4v) is 7.55. The van der Waals surface area contributed by atoms with E-state index in [0.717, 1.165) is 12.7 Å². The van der Waals surface area contributed by atoms with E-state index in [0.29, 0.717) is 31.4 Å². The molecule has 7 atom stereocenters. The Morgan fingerprint density at radius 1 is 1.11 bits per heavy atom. The number of carbonyl (C=O) groups excluding carboxylic acids is 5. The van der Waals surface area contributed by atoms with Crippen molar-refractivity contribution in [3.63, 3.8) is 0 Å². The molecule has 0 unspecified atom stereocenters. The molecule has 0 amide bonds. The number of esters is 3. The van der Waals surface area contributed by atoms with Crippen molar-refractivity contribution in [3.8, 4) is 11.8 Å². The normalized spacial score (nSPS) is 34.2. The number of hydrogen-bond acceptors (Lipinski definition) is 9. The van der Waals surface area contributed by atoms with Gasteiger partial charge in [-0.2, -0.15) is 0 Å². The number of hydrogen-bond donors (Lipinski definition) is 0. The first-order valence-electron chi connectivity index (χ1n) is 12.9. The van der Waals surface area contributed by atoms with Gasteiger partial charge in [0, 0.05) is 30.2 Å². The lowest BCUT2D eigenvalue weighted by atomic mass is 9.41. The lowest BCUT2D eigenvalue weighted by Crippen LogP contribution is -2.64. The Bertz CT molecular complexity index is 1220. The van der Waals surface area contributed by atoms with Gasteiger partial charge in [0.25, 0.3) is 0 Å². The van der Waals surface area contributed by atoms with Crippen LogP contribution in [0.3, 0.4) is 0 Å². The van der Waals surface area contributed by atoms with Crippen LogP contribution in [-0.2, 0) is 38.2 Å². The average Bonchev–Trinajstić information content (AvgIpc) is 3.33. The van der Waals surface area contributed by atoms with Crippen LogP contribution in [0.25, 0.3) is 0 Å². The Labute approximate surface area is 221 Å². The predicted molar refractivity (Wildman–Crippen MR) is 132 cm³/mol. The van der Waals surface area contributed by atoms with Crippen LogP contribution in [0.15, 0.2) is 16.7 Å². The standard InChI is InChI=1S/C29H34O9/c1-6-7-21-17(9-11-37-21)16-12-20(30)18-8-10-28(2)19(27(34)36-5)13-22(38-24(32)14-23(31)35-4)25(33)26(28)29(18,3)15-16/h9,11,16,18-19,22,26H,8,10,12-15H2,1-5H3/t16-,18-,19-,22-,26-,28-,29-/m0/s1. The van der Waals surface area contributed by atoms with Gasteiger partial charge in [0.05, 0.1) is 26.4 Å². The summed E-state index contributed by atoms with van der Waals surface area (Å²) in [5.74, 6) is 1.78. The maximum Gasteiger partial charge on any atom is 0.317 e.